The molecule has 0 amide bonds. The number of likely N-dealkylation sites (N-methyl/N-ethyl adjacent to an activating group) is 1. The van der Waals surface area contributed by atoms with Gasteiger partial charge in [0, 0.05) is 19.0 Å². The summed E-state index contributed by atoms with van der Waals surface area (Å²) >= 11 is 0. The molecule has 3 aromatic carbocycles. The molecule has 0 saturated heterocycles. The average Bonchev–Trinajstić information content (AvgIpc) is 2.74. The number of para-hydroxylation sites is 1. The Balaban J connectivity index is 0.00000272. The van der Waals surface area contributed by atoms with Crippen molar-refractivity contribution in [3.05, 3.63) is 95.6 Å². The van der Waals surface area contributed by atoms with E-state index in [1.54, 1.807) is 0 Å². The summed E-state index contributed by atoms with van der Waals surface area (Å²) in [4.78, 5) is 12.9. The molecule has 0 aliphatic heterocycles. The first-order chi connectivity index (χ1) is 14.6. The van der Waals surface area contributed by atoms with Gasteiger partial charge in [0.05, 0.1) is 5.97 Å². The fraction of sp³-hybridized carbons (Fsp3) is 0.269. The number of aliphatic carboxylic acids is 1. The predicted molar refractivity (Wildman–Crippen MR) is 116 cm³/mol. The summed E-state index contributed by atoms with van der Waals surface area (Å²) in [7, 11) is 1.85. The molecule has 3 aromatic rings. The van der Waals surface area contributed by atoms with Crippen LogP contribution in [0.15, 0.2) is 78.9 Å². The van der Waals surface area contributed by atoms with Crippen molar-refractivity contribution in [3.8, 4) is 11.5 Å². The molecular weight excluding hydrogens is 381 g/mol. The van der Waals surface area contributed by atoms with E-state index in [9.17, 15) is 9.90 Å². The van der Waals surface area contributed by atoms with E-state index in [0.29, 0.717) is 5.92 Å². The molecule has 0 N–H and O–H groups in total. The SMILES string of the molecule is CN(CC(=O)[O-])C[C@H]1CCc2cc(Oc3ccccc3)ccc2[C@H]1c1ccccc1.[Li+]. The second kappa shape index (κ2) is 10.7. The van der Waals surface area contributed by atoms with Crippen LogP contribution in [0.5, 0.6) is 11.5 Å². The van der Waals surface area contributed by atoms with Crippen LogP contribution in [0.2, 0.25) is 0 Å². The van der Waals surface area contributed by atoms with Gasteiger partial charge in [0.25, 0.3) is 0 Å². The van der Waals surface area contributed by atoms with Crippen LogP contribution >= 0.6 is 0 Å². The van der Waals surface area contributed by atoms with Crippen molar-refractivity contribution in [1.29, 1.82) is 0 Å². The number of fused-ring (bicyclic) bond motifs is 1. The first kappa shape index (κ1) is 23.2. The standard InChI is InChI=1S/C26H27NO3.Li/c1-27(18-25(28)29)17-21-13-12-20-16-23(30-22-10-6-3-7-11-22)14-15-24(20)26(21)19-8-4-2-5-9-19;/h2-11,14-16,21,26H,12-13,17-18H2,1H3,(H,28,29);/q;+1/p-1/t21-,26+;/m1./s1. The second-order valence-corrected chi connectivity index (χ2v) is 8.03. The van der Waals surface area contributed by atoms with Gasteiger partial charge in [-0.15, -0.1) is 0 Å². The van der Waals surface area contributed by atoms with Gasteiger partial charge in [-0.05, 0) is 66.8 Å². The zero-order valence-electron chi connectivity index (χ0n) is 18.2. The number of carbonyl (C=O) groups excluding carboxylic acids is 1. The average molecular weight is 407 g/mol. The van der Waals surface area contributed by atoms with Crippen molar-refractivity contribution < 1.29 is 33.5 Å². The van der Waals surface area contributed by atoms with Gasteiger partial charge in [0.1, 0.15) is 11.5 Å². The van der Waals surface area contributed by atoms with Crippen LogP contribution in [0.4, 0.5) is 0 Å². The Morgan fingerprint density at radius 3 is 2.35 bits per heavy atom. The minimum Gasteiger partial charge on any atom is -0.549 e. The molecule has 31 heavy (non-hydrogen) atoms. The van der Waals surface area contributed by atoms with E-state index in [4.69, 9.17) is 4.74 Å². The topological polar surface area (TPSA) is 52.6 Å². The molecule has 0 spiro atoms. The number of benzene rings is 3. The van der Waals surface area contributed by atoms with Crippen LogP contribution < -0.4 is 28.7 Å². The first-order valence-electron chi connectivity index (χ1n) is 10.4. The van der Waals surface area contributed by atoms with Crippen LogP contribution in [-0.4, -0.2) is 31.0 Å². The number of carboxylic acids is 1. The Morgan fingerprint density at radius 1 is 1.00 bits per heavy atom. The molecule has 0 unspecified atom stereocenters. The van der Waals surface area contributed by atoms with Gasteiger partial charge in [-0.1, -0.05) is 54.6 Å². The molecule has 0 aromatic heterocycles. The molecule has 0 fully saturated rings. The monoisotopic (exact) mass is 407 g/mol. The number of rotatable bonds is 7. The normalized spacial score (nSPS) is 17.5. The number of nitrogens with zero attached hydrogens (tertiary/aromatic N) is 1. The van der Waals surface area contributed by atoms with E-state index in [2.05, 4.69) is 36.4 Å². The van der Waals surface area contributed by atoms with Crippen LogP contribution in [0.3, 0.4) is 0 Å². The minimum atomic E-state index is -1.03. The third kappa shape index (κ3) is 5.80. The zero-order chi connectivity index (χ0) is 20.9. The molecule has 2 atom stereocenters. The van der Waals surface area contributed by atoms with Crippen molar-refractivity contribution in [2.24, 2.45) is 5.92 Å². The predicted octanol–water partition coefficient (Wildman–Crippen LogP) is 0.859. The van der Waals surface area contributed by atoms with Crippen molar-refractivity contribution in [2.45, 2.75) is 18.8 Å². The van der Waals surface area contributed by atoms with Crippen LogP contribution in [0, 0.1) is 5.92 Å². The van der Waals surface area contributed by atoms with Crippen molar-refractivity contribution in [3.63, 3.8) is 0 Å². The Labute approximate surface area is 196 Å². The van der Waals surface area contributed by atoms with Gasteiger partial charge < -0.3 is 19.5 Å². The summed E-state index contributed by atoms with van der Waals surface area (Å²) in [5.74, 6) is 1.21. The molecule has 1 aliphatic rings. The third-order valence-electron chi connectivity index (χ3n) is 5.79. The van der Waals surface area contributed by atoms with E-state index in [1.807, 2.05) is 54.4 Å². The number of hydrogen-bond acceptors (Lipinski definition) is 4. The fourth-order valence-electron chi connectivity index (χ4n) is 4.55. The molecule has 0 saturated carbocycles. The van der Waals surface area contributed by atoms with Crippen LogP contribution in [0.1, 0.15) is 29.0 Å². The van der Waals surface area contributed by atoms with E-state index < -0.39 is 5.97 Å². The minimum absolute atomic E-state index is 0. The van der Waals surface area contributed by atoms with Gasteiger partial charge in [-0.25, -0.2) is 0 Å². The summed E-state index contributed by atoms with van der Waals surface area (Å²) in [6.45, 7) is 0.671. The maximum absolute atomic E-state index is 11.0. The van der Waals surface area contributed by atoms with E-state index in [0.717, 1.165) is 30.9 Å². The molecule has 154 valence electrons. The van der Waals surface area contributed by atoms with Crippen molar-refractivity contribution in [2.75, 3.05) is 20.1 Å². The number of aryl methyl sites for hydroxylation is 1. The number of carbonyl (C=O) groups is 1. The molecule has 5 heteroatoms. The van der Waals surface area contributed by atoms with Gasteiger partial charge in [-0.3, -0.25) is 0 Å². The number of hydrogen-bond donors (Lipinski definition) is 0. The number of carboxylic acid groups (broad SMARTS) is 1. The Bertz CT molecular complexity index is 994. The van der Waals surface area contributed by atoms with E-state index in [-0.39, 0.29) is 31.3 Å². The Kier molecular flexibility index (Phi) is 7.98. The smallest absolute Gasteiger partial charge is 0.549 e. The molecule has 0 bridgehead atoms. The fourth-order valence-corrected chi connectivity index (χ4v) is 4.55. The molecule has 4 nitrogen and oxygen atoms in total. The van der Waals surface area contributed by atoms with E-state index >= 15 is 0 Å². The first-order valence-corrected chi connectivity index (χ1v) is 10.4. The Morgan fingerprint density at radius 2 is 1.68 bits per heavy atom. The molecule has 0 radical (unpaired) electrons. The van der Waals surface area contributed by atoms with Gasteiger partial charge >= 0.3 is 18.9 Å². The summed E-state index contributed by atoms with van der Waals surface area (Å²) in [6, 6.07) is 26.7. The molecule has 0 heterocycles. The summed E-state index contributed by atoms with van der Waals surface area (Å²) in [6.07, 6.45) is 1.95. The second-order valence-electron chi connectivity index (χ2n) is 8.03. The zero-order valence-corrected chi connectivity index (χ0v) is 18.2. The van der Waals surface area contributed by atoms with Gasteiger partial charge in [0.2, 0.25) is 0 Å². The summed E-state index contributed by atoms with van der Waals surface area (Å²) in [5, 5.41) is 11.0. The third-order valence-corrected chi connectivity index (χ3v) is 5.79. The van der Waals surface area contributed by atoms with Crippen LogP contribution in [0.25, 0.3) is 0 Å². The molecule has 4 rings (SSSR count). The van der Waals surface area contributed by atoms with Gasteiger partial charge in [0.15, 0.2) is 0 Å². The van der Waals surface area contributed by atoms with Crippen molar-refractivity contribution >= 4 is 5.97 Å². The molecule has 1 aliphatic carbocycles. The largest absolute Gasteiger partial charge is 1.00 e. The Hall–Kier alpha value is -2.51. The summed E-state index contributed by atoms with van der Waals surface area (Å²) < 4.78 is 6.04. The van der Waals surface area contributed by atoms with Crippen molar-refractivity contribution in [1.82, 2.24) is 4.90 Å². The maximum Gasteiger partial charge on any atom is 1.00 e. The molecular formula is C26H26LiNO3. The maximum atomic E-state index is 11.0. The van der Waals surface area contributed by atoms with E-state index in [1.165, 1.54) is 16.7 Å². The van der Waals surface area contributed by atoms with Crippen LogP contribution in [-0.2, 0) is 11.2 Å². The van der Waals surface area contributed by atoms with Gasteiger partial charge in [-0.2, -0.15) is 0 Å². The quantitative estimate of drug-likeness (QED) is 0.546. The summed E-state index contributed by atoms with van der Waals surface area (Å²) in [5.41, 5.74) is 3.87. The number of ether oxygens (including phenoxy) is 1.